The van der Waals surface area contributed by atoms with Gasteiger partial charge in [-0.05, 0) is 47.9 Å². The van der Waals surface area contributed by atoms with Crippen molar-refractivity contribution in [1.82, 2.24) is 14.6 Å². The average Bonchev–Trinajstić information content (AvgIpc) is 3.38. The number of nitrogens with zero attached hydrogens (tertiary/aromatic N) is 2. The van der Waals surface area contributed by atoms with E-state index in [1.807, 2.05) is 18.2 Å². The fourth-order valence-corrected chi connectivity index (χ4v) is 6.00. The molecule has 1 unspecified atom stereocenters. The molecule has 1 aliphatic rings. The lowest BCUT2D eigenvalue weighted by Gasteiger charge is -2.17. The number of nitrogens with one attached hydrogen (secondary N) is 2. The van der Waals surface area contributed by atoms with Crippen molar-refractivity contribution in [2.45, 2.75) is 23.2 Å². The summed E-state index contributed by atoms with van der Waals surface area (Å²) in [5.41, 5.74) is 7.84. The Morgan fingerprint density at radius 3 is 2.74 bits per heavy atom. The predicted molar refractivity (Wildman–Crippen MR) is 119 cm³/mol. The summed E-state index contributed by atoms with van der Waals surface area (Å²) in [5, 5.41) is 7.54. The molecular weight excluding hydrogens is 434 g/mol. The lowest BCUT2D eigenvalue weighted by Crippen LogP contribution is -2.41. The highest BCUT2D eigenvalue weighted by Crippen LogP contribution is 2.30. The largest absolute Gasteiger partial charge is 0.384 e. The Morgan fingerprint density at radius 2 is 2.00 bits per heavy atom. The van der Waals surface area contributed by atoms with Gasteiger partial charge in [-0.2, -0.15) is 4.72 Å². The number of amides is 1. The minimum Gasteiger partial charge on any atom is -0.384 e. The standard InChI is InChI=1S/C21H21N5O3S2/c22-20(23)16-3-1-2-14(12-16)13-26-11-8-17(21(26)27)25-31(28,29)19-5-4-18(30-19)15-6-9-24-10-7-15/h1-7,9-10,12,17,25H,8,11,13H2,(H3,22,23). The van der Waals surface area contributed by atoms with E-state index in [0.717, 1.165) is 27.3 Å². The van der Waals surface area contributed by atoms with Crippen molar-refractivity contribution < 1.29 is 13.2 Å². The molecule has 160 valence electrons. The maximum atomic E-state index is 12.8. The summed E-state index contributed by atoms with van der Waals surface area (Å²) in [6.07, 6.45) is 3.70. The van der Waals surface area contributed by atoms with Crippen LogP contribution in [0.5, 0.6) is 0 Å². The minimum absolute atomic E-state index is 0.0395. The second-order valence-corrected chi connectivity index (χ2v) is 10.2. The first-order valence-electron chi connectivity index (χ1n) is 9.58. The van der Waals surface area contributed by atoms with E-state index in [1.165, 1.54) is 0 Å². The van der Waals surface area contributed by atoms with Gasteiger partial charge >= 0.3 is 0 Å². The molecule has 8 nitrogen and oxygen atoms in total. The fraction of sp³-hybridized carbons (Fsp3) is 0.190. The molecule has 1 aromatic carbocycles. The highest BCUT2D eigenvalue weighted by molar-refractivity contribution is 7.91. The van der Waals surface area contributed by atoms with Gasteiger partial charge in [-0.15, -0.1) is 11.3 Å². The van der Waals surface area contributed by atoms with Crippen LogP contribution in [0.3, 0.4) is 0 Å². The zero-order valence-electron chi connectivity index (χ0n) is 16.5. The smallest absolute Gasteiger partial charge is 0.250 e. The molecule has 3 heterocycles. The van der Waals surface area contributed by atoms with Gasteiger partial charge in [0.2, 0.25) is 5.91 Å². The fourth-order valence-electron chi connectivity index (χ4n) is 3.44. The molecule has 2 aromatic heterocycles. The Balaban J connectivity index is 1.44. The number of aromatic nitrogens is 1. The number of likely N-dealkylation sites (tertiary alicyclic amines) is 1. The summed E-state index contributed by atoms with van der Waals surface area (Å²) in [6, 6.07) is 13.3. The number of benzene rings is 1. The van der Waals surface area contributed by atoms with Crippen molar-refractivity contribution in [1.29, 1.82) is 5.41 Å². The van der Waals surface area contributed by atoms with E-state index in [2.05, 4.69) is 9.71 Å². The van der Waals surface area contributed by atoms with Gasteiger partial charge in [0.15, 0.2) is 0 Å². The van der Waals surface area contributed by atoms with E-state index in [-0.39, 0.29) is 16.0 Å². The van der Waals surface area contributed by atoms with Gasteiger partial charge in [-0.3, -0.25) is 15.2 Å². The van der Waals surface area contributed by atoms with Gasteiger partial charge in [0.05, 0.1) is 0 Å². The van der Waals surface area contributed by atoms with Gasteiger partial charge in [-0.25, -0.2) is 8.42 Å². The Kier molecular flexibility index (Phi) is 5.86. The van der Waals surface area contributed by atoms with Crippen LogP contribution in [0.1, 0.15) is 17.5 Å². The number of nitrogen functional groups attached to an aromatic ring is 1. The quantitative estimate of drug-likeness (QED) is 0.371. The molecule has 10 heteroatoms. The Hall–Kier alpha value is -3.08. The summed E-state index contributed by atoms with van der Waals surface area (Å²) in [5.74, 6) is -0.301. The number of hydrogen-bond acceptors (Lipinski definition) is 6. The minimum atomic E-state index is -3.82. The van der Waals surface area contributed by atoms with Crippen LogP contribution < -0.4 is 10.5 Å². The molecule has 0 aliphatic carbocycles. The Bertz CT molecular complexity index is 1220. The molecular formula is C21H21N5O3S2. The first-order valence-corrected chi connectivity index (χ1v) is 11.9. The molecule has 0 radical (unpaired) electrons. The maximum Gasteiger partial charge on any atom is 0.250 e. The van der Waals surface area contributed by atoms with Crippen LogP contribution in [0.4, 0.5) is 0 Å². The van der Waals surface area contributed by atoms with E-state index in [4.69, 9.17) is 11.1 Å². The number of sulfonamides is 1. The summed E-state index contributed by atoms with van der Waals surface area (Å²) < 4.78 is 28.4. The number of thiophene rings is 1. The zero-order valence-corrected chi connectivity index (χ0v) is 18.1. The van der Waals surface area contributed by atoms with E-state index in [1.54, 1.807) is 47.6 Å². The van der Waals surface area contributed by atoms with Gasteiger partial charge in [-0.1, -0.05) is 18.2 Å². The van der Waals surface area contributed by atoms with Crippen LogP contribution >= 0.6 is 11.3 Å². The summed E-state index contributed by atoms with van der Waals surface area (Å²) in [7, 11) is -3.82. The van der Waals surface area contributed by atoms with Crippen molar-refractivity contribution in [2.24, 2.45) is 5.73 Å². The van der Waals surface area contributed by atoms with Crippen LogP contribution in [0.25, 0.3) is 10.4 Å². The second-order valence-electron chi connectivity index (χ2n) is 7.19. The highest BCUT2D eigenvalue weighted by atomic mass is 32.2. The molecule has 4 rings (SSSR count). The summed E-state index contributed by atoms with van der Waals surface area (Å²) >= 11 is 1.15. The molecule has 1 fully saturated rings. The van der Waals surface area contributed by atoms with Gasteiger partial charge < -0.3 is 10.6 Å². The molecule has 1 saturated heterocycles. The number of pyridine rings is 1. The highest BCUT2D eigenvalue weighted by Gasteiger charge is 2.35. The first kappa shape index (κ1) is 21.2. The van der Waals surface area contributed by atoms with Crippen molar-refractivity contribution in [3.63, 3.8) is 0 Å². The number of rotatable bonds is 7. The number of carbonyl (C=O) groups is 1. The molecule has 4 N–H and O–H groups in total. The summed E-state index contributed by atoms with van der Waals surface area (Å²) in [6.45, 7) is 0.784. The van der Waals surface area contributed by atoms with Crippen molar-refractivity contribution in [2.75, 3.05) is 6.54 Å². The average molecular weight is 456 g/mol. The predicted octanol–water partition coefficient (Wildman–Crippen LogP) is 2.17. The number of hydrogen-bond donors (Lipinski definition) is 3. The molecule has 31 heavy (non-hydrogen) atoms. The van der Waals surface area contributed by atoms with Crippen LogP contribution in [0.2, 0.25) is 0 Å². The first-order chi connectivity index (χ1) is 14.8. The second kappa shape index (κ2) is 8.58. The third-order valence-electron chi connectivity index (χ3n) is 5.02. The molecule has 1 aliphatic heterocycles. The Morgan fingerprint density at radius 1 is 1.23 bits per heavy atom. The molecule has 0 bridgehead atoms. The lowest BCUT2D eigenvalue weighted by atomic mass is 10.1. The number of carbonyl (C=O) groups excluding carboxylic acids is 1. The topological polar surface area (TPSA) is 129 Å². The molecule has 1 atom stereocenters. The molecule has 3 aromatic rings. The maximum absolute atomic E-state index is 12.8. The third kappa shape index (κ3) is 4.66. The normalized spacial score (nSPS) is 16.6. The van der Waals surface area contributed by atoms with Crippen LogP contribution in [0, 0.1) is 5.41 Å². The van der Waals surface area contributed by atoms with Crippen molar-refractivity contribution in [3.8, 4) is 10.4 Å². The van der Waals surface area contributed by atoms with Gasteiger partial charge in [0.1, 0.15) is 16.1 Å². The van der Waals surface area contributed by atoms with Crippen molar-refractivity contribution in [3.05, 3.63) is 72.1 Å². The lowest BCUT2D eigenvalue weighted by molar-refractivity contribution is -0.129. The molecule has 0 saturated carbocycles. The van der Waals surface area contributed by atoms with E-state index >= 15 is 0 Å². The van der Waals surface area contributed by atoms with E-state index in [9.17, 15) is 13.2 Å². The van der Waals surface area contributed by atoms with Gasteiger partial charge in [0, 0.05) is 35.9 Å². The monoisotopic (exact) mass is 455 g/mol. The zero-order chi connectivity index (χ0) is 22.0. The van der Waals surface area contributed by atoms with E-state index < -0.39 is 16.1 Å². The molecule has 0 spiro atoms. The number of amidine groups is 1. The van der Waals surface area contributed by atoms with E-state index in [0.29, 0.717) is 25.1 Å². The van der Waals surface area contributed by atoms with Crippen molar-refractivity contribution >= 4 is 33.1 Å². The Labute approximate surface area is 184 Å². The van der Waals surface area contributed by atoms with Crippen LogP contribution in [0.15, 0.2) is 65.1 Å². The third-order valence-corrected chi connectivity index (χ3v) is 8.12. The molecule has 1 amide bonds. The van der Waals surface area contributed by atoms with Crippen LogP contribution in [-0.4, -0.2) is 42.6 Å². The SMILES string of the molecule is N=C(N)c1cccc(CN2CCC(NS(=O)(=O)c3ccc(-c4ccncc4)s3)C2=O)c1. The summed E-state index contributed by atoms with van der Waals surface area (Å²) in [4.78, 5) is 19.2. The van der Waals surface area contributed by atoms with Gasteiger partial charge in [0.25, 0.3) is 10.0 Å². The van der Waals surface area contributed by atoms with Crippen LogP contribution in [-0.2, 0) is 21.4 Å². The number of nitrogens with two attached hydrogens (primary N) is 1.